The van der Waals surface area contributed by atoms with E-state index in [1.54, 1.807) is 6.07 Å². The van der Waals surface area contributed by atoms with Gasteiger partial charge in [0.05, 0.1) is 27.0 Å². The molecule has 0 aliphatic carbocycles. The number of aryl methyl sites for hydroxylation is 2. The van der Waals surface area contributed by atoms with Gasteiger partial charge in [-0.05, 0) is 49.7 Å². The quantitative estimate of drug-likeness (QED) is 0.532. The third kappa shape index (κ3) is 3.57. The summed E-state index contributed by atoms with van der Waals surface area (Å²) in [6, 6.07) is 13.3. The van der Waals surface area contributed by atoms with Crippen molar-refractivity contribution in [3.8, 4) is 0 Å². The minimum absolute atomic E-state index is 0.133. The predicted molar refractivity (Wildman–Crippen MR) is 113 cm³/mol. The number of thiazole rings is 1. The fraction of sp³-hybridized carbons (Fsp3) is 0.143. The van der Waals surface area contributed by atoms with Crippen LogP contribution in [0, 0.1) is 13.8 Å². The first kappa shape index (κ1) is 18.1. The van der Waals surface area contributed by atoms with Crippen LogP contribution < -0.4 is 10.6 Å². The van der Waals surface area contributed by atoms with Crippen LogP contribution in [0.25, 0.3) is 21.1 Å². The first-order valence-corrected chi connectivity index (χ1v) is 9.58. The van der Waals surface area contributed by atoms with Crippen molar-refractivity contribution in [3.05, 3.63) is 59.3 Å². The Morgan fingerprint density at radius 1 is 0.929 bits per heavy atom. The number of nitrogens with one attached hydrogen (secondary N) is 2. The van der Waals surface area contributed by atoms with Crippen LogP contribution in [0.4, 0.5) is 10.8 Å². The average Bonchev–Trinajstić information content (AvgIpc) is 3.01. The molecule has 0 spiro atoms. The lowest BCUT2D eigenvalue weighted by Crippen LogP contribution is -2.14. The van der Waals surface area contributed by atoms with Crippen LogP contribution in [0.5, 0.6) is 0 Å². The first-order chi connectivity index (χ1) is 13.4. The van der Waals surface area contributed by atoms with Crippen LogP contribution >= 0.6 is 11.3 Å². The van der Waals surface area contributed by atoms with E-state index in [0.29, 0.717) is 22.1 Å². The Hall–Kier alpha value is -3.32. The van der Waals surface area contributed by atoms with Crippen molar-refractivity contribution < 1.29 is 9.59 Å². The molecule has 0 saturated carbocycles. The topological polar surface area (TPSA) is 84.0 Å². The van der Waals surface area contributed by atoms with E-state index in [1.807, 2.05) is 50.2 Å². The van der Waals surface area contributed by atoms with Crippen molar-refractivity contribution in [3.63, 3.8) is 0 Å². The summed E-state index contributed by atoms with van der Waals surface area (Å²) in [6.45, 7) is 5.31. The van der Waals surface area contributed by atoms with Crippen molar-refractivity contribution >= 4 is 55.1 Å². The molecular formula is C21H18N4O2S. The highest BCUT2D eigenvalue weighted by Crippen LogP contribution is 2.29. The molecule has 0 radical (unpaired) electrons. The lowest BCUT2D eigenvalue weighted by atomic mass is 10.1. The van der Waals surface area contributed by atoms with Crippen molar-refractivity contribution in [2.75, 3.05) is 10.6 Å². The van der Waals surface area contributed by atoms with E-state index in [4.69, 9.17) is 0 Å². The van der Waals surface area contributed by atoms with Crippen molar-refractivity contribution in [2.24, 2.45) is 0 Å². The van der Waals surface area contributed by atoms with Crippen LogP contribution in [0.3, 0.4) is 0 Å². The molecule has 140 valence electrons. The Bertz CT molecular complexity index is 1250. The zero-order chi connectivity index (χ0) is 19.8. The van der Waals surface area contributed by atoms with Gasteiger partial charge in [-0.1, -0.05) is 23.5 Å². The molecule has 4 rings (SSSR count). The van der Waals surface area contributed by atoms with Gasteiger partial charge in [0.15, 0.2) is 5.13 Å². The number of amides is 2. The van der Waals surface area contributed by atoms with Crippen molar-refractivity contribution in [1.82, 2.24) is 9.97 Å². The van der Waals surface area contributed by atoms with Crippen LogP contribution in [0.1, 0.15) is 28.5 Å². The zero-order valence-corrected chi connectivity index (χ0v) is 16.5. The highest BCUT2D eigenvalue weighted by atomic mass is 32.1. The van der Waals surface area contributed by atoms with Gasteiger partial charge in [-0.2, -0.15) is 0 Å². The van der Waals surface area contributed by atoms with Crippen molar-refractivity contribution in [1.29, 1.82) is 0 Å². The van der Waals surface area contributed by atoms with E-state index >= 15 is 0 Å². The van der Waals surface area contributed by atoms with Gasteiger partial charge in [-0.15, -0.1) is 0 Å². The van der Waals surface area contributed by atoms with Gasteiger partial charge in [0.25, 0.3) is 5.91 Å². The molecule has 2 aromatic carbocycles. The fourth-order valence-corrected chi connectivity index (χ4v) is 3.93. The number of rotatable bonds is 3. The number of carbonyl (C=O) groups is 2. The van der Waals surface area contributed by atoms with Gasteiger partial charge in [0, 0.05) is 18.0 Å². The minimum Gasteiger partial charge on any atom is -0.326 e. The van der Waals surface area contributed by atoms with Gasteiger partial charge in [-0.3, -0.25) is 19.9 Å². The molecule has 4 aromatic rings. The largest absolute Gasteiger partial charge is 0.326 e. The molecule has 0 aliphatic heterocycles. The third-order valence-electron chi connectivity index (χ3n) is 4.34. The maximum Gasteiger partial charge on any atom is 0.259 e. The van der Waals surface area contributed by atoms with Gasteiger partial charge in [0.2, 0.25) is 5.91 Å². The number of anilines is 2. The van der Waals surface area contributed by atoms with Crippen molar-refractivity contribution in [2.45, 2.75) is 20.8 Å². The first-order valence-electron chi connectivity index (χ1n) is 8.76. The van der Waals surface area contributed by atoms with E-state index in [9.17, 15) is 9.59 Å². The summed E-state index contributed by atoms with van der Waals surface area (Å²) in [7, 11) is 0. The van der Waals surface area contributed by atoms with E-state index in [2.05, 4.69) is 20.6 Å². The lowest BCUT2D eigenvalue weighted by Gasteiger charge is -2.07. The molecule has 2 heterocycles. The molecule has 0 atom stereocenters. The summed E-state index contributed by atoms with van der Waals surface area (Å²) in [5.74, 6) is -0.375. The summed E-state index contributed by atoms with van der Waals surface area (Å²) >= 11 is 1.36. The number of pyridine rings is 1. The molecule has 2 amide bonds. The van der Waals surface area contributed by atoms with Gasteiger partial charge in [0.1, 0.15) is 0 Å². The molecule has 0 unspecified atom stereocenters. The molecule has 0 fully saturated rings. The van der Waals surface area contributed by atoms with E-state index in [0.717, 1.165) is 26.7 Å². The summed E-state index contributed by atoms with van der Waals surface area (Å²) in [6.07, 6.45) is 0. The Kier molecular flexibility index (Phi) is 4.52. The molecule has 2 aromatic heterocycles. The summed E-state index contributed by atoms with van der Waals surface area (Å²) in [5, 5.41) is 7.04. The highest BCUT2D eigenvalue weighted by Gasteiger charge is 2.14. The summed E-state index contributed by atoms with van der Waals surface area (Å²) in [4.78, 5) is 33.0. The van der Waals surface area contributed by atoms with E-state index in [-0.39, 0.29) is 11.8 Å². The second-order valence-electron chi connectivity index (χ2n) is 6.65. The van der Waals surface area contributed by atoms with E-state index in [1.165, 1.54) is 18.3 Å². The number of nitrogens with zero attached hydrogens (tertiary/aromatic N) is 2. The standard InChI is InChI=1S/C21H18N4O2S/c1-11-4-5-14-9-16(12(2)22-18(14)8-11)20(27)25-21-24-17-7-6-15(23-13(3)26)10-19(17)28-21/h4-10H,1-3H3,(H,23,26)(H,24,25,27). The Balaban J connectivity index is 1.62. The maximum atomic E-state index is 12.8. The molecule has 0 bridgehead atoms. The predicted octanol–water partition coefficient (Wildman–Crippen LogP) is 4.67. The smallest absolute Gasteiger partial charge is 0.259 e. The number of hydrogen-bond acceptors (Lipinski definition) is 5. The summed E-state index contributed by atoms with van der Waals surface area (Å²) < 4.78 is 0.880. The van der Waals surface area contributed by atoms with Gasteiger partial charge < -0.3 is 5.32 Å². The zero-order valence-electron chi connectivity index (χ0n) is 15.7. The lowest BCUT2D eigenvalue weighted by molar-refractivity contribution is -0.114. The fourth-order valence-electron chi connectivity index (χ4n) is 3.03. The molecule has 0 aliphatic rings. The molecule has 6 nitrogen and oxygen atoms in total. The van der Waals surface area contributed by atoms with Crippen LogP contribution in [0.15, 0.2) is 42.5 Å². The number of aromatic nitrogens is 2. The minimum atomic E-state index is -0.242. The highest BCUT2D eigenvalue weighted by molar-refractivity contribution is 7.22. The number of fused-ring (bicyclic) bond motifs is 2. The molecule has 0 saturated heterocycles. The third-order valence-corrected chi connectivity index (χ3v) is 5.27. The van der Waals surface area contributed by atoms with Crippen LogP contribution in [-0.2, 0) is 4.79 Å². The average molecular weight is 390 g/mol. The monoisotopic (exact) mass is 390 g/mol. The SMILES string of the molecule is CC(=O)Nc1ccc2nc(NC(=O)c3cc4ccc(C)cc4nc3C)sc2c1. The molecular weight excluding hydrogens is 372 g/mol. The van der Waals surface area contributed by atoms with Crippen LogP contribution in [-0.4, -0.2) is 21.8 Å². The number of benzene rings is 2. The molecule has 28 heavy (non-hydrogen) atoms. The number of carbonyl (C=O) groups excluding carboxylic acids is 2. The molecule has 7 heteroatoms. The maximum absolute atomic E-state index is 12.8. The number of hydrogen-bond donors (Lipinski definition) is 2. The van der Waals surface area contributed by atoms with E-state index < -0.39 is 0 Å². The van der Waals surface area contributed by atoms with Gasteiger partial charge >= 0.3 is 0 Å². The normalized spacial score (nSPS) is 11.0. The second-order valence-corrected chi connectivity index (χ2v) is 7.68. The Morgan fingerprint density at radius 2 is 1.75 bits per heavy atom. The van der Waals surface area contributed by atoms with Gasteiger partial charge in [-0.25, -0.2) is 4.98 Å². The Morgan fingerprint density at radius 3 is 2.54 bits per heavy atom. The summed E-state index contributed by atoms with van der Waals surface area (Å²) in [5.41, 5.74) is 4.66. The Labute approximate surface area is 165 Å². The van der Waals surface area contributed by atoms with Crippen LogP contribution in [0.2, 0.25) is 0 Å². The molecule has 2 N–H and O–H groups in total. The second kappa shape index (κ2) is 7.01.